The summed E-state index contributed by atoms with van der Waals surface area (Å²) < 4.78 is 0. The molecule has 1 aliphatic heterocycles. The summed E-state index contributed by atoms with van der Waals surface area (Å²) >= 11 is 0. The molecule has 0 bridgehead atoms. The number of H-pyrrole nitrogens is 1. The van der Waals surface area contributed by atoms with Crippen molar-refractivity contribution >= 4 is 17.7 Å². The van der Waals surface area contributed by atoms with Gasteiger partial charge in [-0.05, 0) is 51.6 Å². The Morgan fingerprint density at radius 1 is 1.45 bits per heavy atom. The molecule has 2 aliphatic rings. The van der Waals surface area contributed by atoms with Crippen molar-refractivity contribution < 1.29 is 4.79 Å². The third kappa shape index (κ3) is 2.54. The minimum atomic E-state index is -0.0895. The van der Waals surface area contributed by atoms with Crippen LogP contribution in [0.1, 0.15) is 29.8 Å². The zero-order valence-electron chi connectivity index (χ0n) is 12.2. The molecule has 1 aromatic heterocycles. The van der Waals surface area contributed by atoms with Crippen LogP contribution < -0.4 is 5.43 Å². The summed E-state index contributed by atoms with van der Waals surface area (Å²) in [5.41, 5.74) is 7.59. The number of aromatic amines is 1. The summed E-state index contributed by atoms with van der Waals surface area (Å²) in [5, 5.41) is 4.16. The molecule has 1 aliphatic carbocycles. The van der Waals surface area contributed by atoms with Crippen LogP contribution in [0.5, 0.6) is 0 Å². The van der Waals surface area contributed by atoms with Crippen molar-refractivity contribution in [2.45, 2.75) is 26.3 Å². The highest BCUT2D eigenvalue weighted by molar-refractivity contribution is 6.28. The fourth-order valence-corrected chi connectivity index (χ4v) is 2.52. The Balaban J connectivity index is 1.87. The Morgan fingerprint density at radius 3 is 2.85 bits per heavy atom. The van der Waals surface area contributed by atoms with Gasteiger partial charge in [-0.25, -0.2) is 5.43 Å². The Hall–Kier alpha value is -1.88. The number of aryl methyl sites for hydroxylation is 1. The van der Waals surface area contributed by atoms with Crippen LogP contribution in [0.4, 0.5) is 0 Å². The van der Waals surface area contributed by atoms with Gasteiger partial charge in [0, 0.05) is 23.9 Å². The van der Waals surface area contributed by atoms with E-state index in [0.717, 1.165) is 36.5 Å². The third-order valence-electron chi connectivity index (χ3n) is 3.69. The second-order valence-corrected chi connectivity index (χ2v) is 5.88. The maximum absolute atomic E-state index is 11.9. The lowest BCUT2D eigenvalue weighted by molar-refractivity contribution is -0.116. The minimum Gasteiger partial charge on any atom is -0.359 e. The summed E-state index contributed by atoms with van der Waals surface area (Å²) in [6.45, 7) is 2.95. The molecule has 3 rings (SSSR count). The Morgan fingerprint density at radius 2 is 2.20 bits per heavy atom. The molecule has 5 nitrogen and oxygen atoms in total. The lowest BCUT2D eigenvalue weighted by Gasteiger charge is -2.07. The van der Waals surface area contributed by atoms with Gasteiger partial charge in [0.2, 0.25) is 0 Å². The van der Waals surface area contributed by atoms with E-state index in [4.69, 9.17) is 0 Å². The normalized spacial score (nSPS) is 20.7. The fraction of sp³-hybridized carbons (Fsp3) is 0.467. The highest BCUT2D eigenvalue weighted by atomic mass is 16.2. The fourth-order valence-electron chi connectivity index (χ4n) is 2.52. The van der Waals surface area contributed by atoms with Crippen LogP contribution in [0, 0.1) is 12.8 Å². The molecule has 1 amide bonds. The summed E-state index contributed by atoms with van der Waals surface area (Å²) in [6.07, 6.45) is 4.20. The average Bonchev–Trinajstić information content (AvgIpc) is 3.07. The smallest absolute Gasteiger partial charge is 0.273 e. The van der Waals surface area contributed by atoms with Gasteiger partial charge in [0.05, 0.1) is 11.3 Å². The van der Waals surface area contributed by atoms with E-state index in [1.807, 2.05) is 20.2 Å². The average molecular weight is 272 g/mol. The quantitative estimate of drug-likeness (QED) is 0.819. The molecule has 2 N–H and O–H groups in total. The second kappa shape index (κ2) is 4.90. The van der Waals surface area contributed by atoms with E-state index in [2.05, 4.69) is 33.4 Å². The molecule has 1 fully saturated rings. The van der Waals surface area contributed by atoms with Gasteiger partial charge in [-0.3, -0.25) is 4.79 Å². The molecular formula is C15H20N4O. The number of carbonyl (C=O) groups excluding carboxylic acids is 1. The van der Waals surface area contributed by atoms with Crippen molar-refractivity contribution in [3.8, 4) is 0 Å². The van der Waals surface area contributed by atoms with Crippen LogP contribution in [-0.4, -0.2) is 35.6 Å². The highest BCUT2D eigenvalue weighted by Crippen LogP contribution is 2.35. The van der Waals surface area contributed by atoms with E-state index in [9.17, 15) is 4.79 Å². The molecule has 0 saturated heterocycles. The van der Waals surface area contributed by atoms with Crippen LogP contribution in [0.25, 0.3) is 6.08 Å². The van der Waals surface area contributed by atoms with E-state index in [1.165, 1.54) is 5.56 Å². The van der Waals surface area contributed by atoms with E-state index in [-0.39, 0.29) is 5.91 Å². The number of rotatable bonds is 4. The zero-order valence-corrected chi connectivity index (χ0v) is 12.2. The lowest BCUT2D eigenvalue weighted by Crippen LogP contribution is -2.13. The number of hydrazone groups is 1. The van der Waals surface area contributed by atoms with Crippen molar-refractivity contribution in [1.29, 1.82) is 0 Å². The zero-order chi connectivity index (χ0) is 14.3. The molecule has 2 heterocycles. The summed E-state index contributed by atoms with van der Waals surface area (Å²) in [4.78, 5) is 17.3. The van der Waals surface area contributed by atoms with Gasteiger partial charge in [0.1, 0.15) is 0 Å². The maximum atomic E-state index is 11.9. The topological polar surface area (TPSA) is 60.5 Å². The first-order chi connectivity index (χ1) is 9.54. The first kappa shape index (κ1) is 13.1. The Bertz CT molecular complexity index is 605. The molecule has 1 saturated carbocycles. The SMILES string of the molecule is Cc1[nH]c(/C=C2/C(=O)NN=C2C2CC2)cc1CN(C)C. The predicted molar refractivity (Wildman–Crippen MR) is 79.2 cm³/mol. The number of amides is 1. The van der Waals surface area contributed by atoms with Crippen molar-refractivity contribution in [3.63, 3.8) is 0 Å². The molecule has 0 aromatic carbocycles. The van der Waals surface area contributed by atoms with Crippen LogP contribution >= 0.6 is 0 Å². The maximum Gasteiger partial charge on any atom is 0.273 e. The molecular weight excluding hydrogens is 252 g/mol. The number of hydrogen-bond acceptors (Lipinski definition) is 3. The van der Waals surface area contributed by atoms with Gasteiger partial charge in [-0.15, -0.1) is 0 Å². The van der Waals surface area contributed by atoms with Crippen LogP contribution in [0.3, 0.4) is 0 Å². The molecule has 0 atom stereocenters. The molecule has 5 heteroatoms. The first-order valence-electron chi connectivity index (χ1n) is 6.98. The molecule has 1 aromatic rings. The summed E-state index contributed by atoms with van der Waals surface area (Å²) in [5.74, 6) is 0.380. The number of nitrogens with one attached hydrogen (secondary N) is 2. The second-order valence-electron chi connectivity index (χ2n) is 5.88. The lowest BCUT2D eigenvalue weighted by atomic mass is 10.1. The molecule has 0 spiro atoms. The van der Waals surface area contributed by atoms with Gasteiger partial charge in [-0.2, -0.15) is 5.10 Å². The van der Waals surface area contributed by atoms with Gasteiger partial charge in [0.15, 0.2) is 0 Å². The van der Waals surface area contributed by atoms with Crippen LogP contribution in [0.15, 0.2) is 16.7 Å². The van der Waals surface area contributed by atoms with Gasteiger partial charge >= 0.3 is 0 Å². The van der Waals surface area contributed by atoms with Crippen molar-refractivity contribution in [3.05, 3.63) is 28.6 Å². The van der Waals surface area contributed by atoms with E-state index < -0.39 is 0 Å². The van der Waals surface area contributed by atoms with Crippen molar-refractivity contribution in [2.24, 2.45) is 11.0 Å². The van der Waals surface area contributed by atoms with Crippen molar-refractivity contribution in [2.75, 3.05) is 14.1 Å². The number of hydrogen-bond donors (Lipinski definition) is 2. The number of nitrogens with zero attached hydrogens (tertiary/aromatic N) is 2. The number of aromatic nitrogens is 1. The largest absolute Gasteiger partial charge is 0.359 e. The van der Waals surface area contributed by atoms with Gasteiger partial charge in [0.25, 0.3) is 5.91 Å². The monoisotopic (exact) mass is 272 g/mol. The highest BCUT2D eigenvalue weighted by Gasteiger charge is 2.35. The standard InChI is InChI=1S/C15H20N4O/c1-9-11(8-19(2)3)6-12(16-9)7-13-14(10-4-5-10)17-18-15(13)20/h6-7,10,16H,4-5,8H2,1-3H3,(H,18,20)/b13-7+. The molecule has 0 radical (unpaired) electrons. The van der Waals surface area contributed by atoms with Crippen LogP contribution in [-0.2, 0) is 11.3 Å². The summed E-state index contributed by atoms with van der Waals surface area (Å²) in [7, 11) is 4.10. The van der Waals surface area contributed by atoms with Crippen molar-refractivity contribution in [1.82, 2.24) is 15.3 Å². The van der Waals surface area contributed by atoms with Gasteiger partial charge in [-0.1, -0.05) is 0 Å². The summed E-state index contributed by atoms with van der Waals surface area (Å²) in [6, 6.07) is 2.11. The molecule has 20 heavy (non-hydrogen) atoms. The van der Waals surface area contributed by atoms with Crippen LogP contribution in [0.2, 0.25) is 0 Å². The Labute approximate surface area is 118 Å². The predicted octanol–water partition coefficient (Wildman–Crippen LogP) is 1.66. The molecule has 0 unspecified atom stereocenters. The van der Waals surface area contributed by atoms with Gasteiger partial charge < -0.3 is 9.88 Å². The van der Waals surface area contributed by atoms with E-state index in [1.54, 1.807) is 0 Å². The van der Waals surface area contributed by atoms with E-state index in [0.29, 0.717) is 11.5 Å². The third-order valence-corrected chi connectivity index (χ3v) is 3.69. The Kier molecular flexibility index (Phi) is 3.22. The minimum absolute atomic E-state index is 0.0895. The molecule has 106 valence electrons. The first-order valence-corrected chi connectivity index (χ1v) is 6.98. The number of carbonyl (C=O) groups is 1. The van der Waals surface area contributed by atoms with E-state index >= 15 is 0 Å².